The van der Waals surface area contributed by atoms with Crippen molar-refractivity contribution >= 4 is 16.9 Å². The molecule has 0 bridgehead atoms. The summed E-state index contributed by atoms with van der Waals surface area (Å²) in [6.07, 6.45) is -0.0266. The predicted molar refractivity (Wildman–Crippen MR) is 63.4 cm³/mol. The van der Waals surface area contributed by atoms with Gasteiger partial charge in [-0.05, 0) is 0 Å². The number of fused-ring (bicyclic) bond motifs is 1. The number of hydrogen-bond acceptors (Lipinski definition) is 6. The number of amidine groups is 1. The summed E-state index contributed by atoms with van der Waals surface area (Å²) in [6.45, 7) is 4.09. The number of aliphatic hydroxyl groups excluding tert-OH is 3. The minimum absolute atomic E-state index is 0.0395. The van der Waals surface area contributed by atoms with Crippen molar-refractivity contribution in [2.24, 2.45) is 10.9 Å². The lowest BCUT2D eigenvalue weighted by Crippen LogP contribution is -2.32. The molecule has 4 N–H and O–H groups in total. The van der Waals surface area contributed by atoms with E-state index in [0.717, 1.165) is 5.17 Å². The van der Waals surface area contributed by atoms with E-state index in [4.69, 9.17) is 0 Å². The molecule has 2 rings (SSSR count). The van der Waals surface area contributed by atoms with E-state index in [1.165, 1.54) is 11.8 Å². The highest BCUT2D eigenvalue weighted by Gasteiger charge is 2.52. The normalized spacial score (nSPS) is 41.7. The van der Waals surface area contributed by atoms with E-state index in [2.05, 4.69) is 16.9 Å². The Balaban J connectivity index is 2.06. The summed E-state index contributed by atoms with van der Waals surface area (Å²) in [4.78, 5) is 4.32. The number of rotatable bonds is 3. The van der Waals surface area contributed by atoms with E-state index in [0.29, 0.717) is 6.54 Å². The van der Waals surface area contributed by atoms with E-state index in [-0.39, 0.29) is 23.8 Å². The summed E-state index contributed by atoms with van der Waals surface area (Å²) < 4.78 is 0. The summed E-state index contributed by atoms with van der Waals surface area (Å²) in [6, 6.07) is -0.315. The van der Waals surface area contributed by atoms with Crippen LogP contribution in [0.3, 0.4) is 0 Å². The summed E-state index contributed by atoms with van der Waals surface area (Å²) in [7, 11) is 0. The third-order valence-electron chi connectivity index (χ3n) is 3.02. The van der Waals surface area contributed by atoms with Crippen LogP contribution in [0.1, 0.15) is 0 Å². The first-order chi connectivity index (χ1) is 7.69. The Morgan fingerprint density at radius 2 is 2.19 bits per heavy atom. The van der Waals surface area contributed by atoms with E-state index < -0.39 is 12.2 Å². The number of aliphatic hydroxyl groups is 3. The molecule has 6 heteroatoms. The van der Waals surface area contributed by atoms with Crippen molar-refractivity contribution in [2.45, 2.75) is 23.5 Å². The van der Waals surface area contributed by atoms with Gasteiger partial charge in [-0.3, -0.25) is 4.99 Å². The van der Waals surface area contributed by atoms with Gasteiger partial charge in [-0.15, -0.1) is 6.58 Å². The molecule has 0 saturated heterocycles. The van der Waals surface area contributed by atoms with Crippen molar-refractivity contribution in [3.05, 3.63) is 12.7 Å². The fourth-order valence-electron chi connectivity index (χ4n) is 2.16. The molecule has 0 amide bonds. The fourth-order valence-corrected chi connectivity index (χ4v) is 3.55. The molecule has 0 aromatic rings. The van der Waals surface area contributed by atoms with Crippen LogP contribution < -0.4 is 5.32 Å². The lowest BCUT2D eigenvalue weighted by molar-refractivity contribution is 0.00329. The second-order valence-electron chi connectivity index (χ2n) is 4.00. The van der Waals surface area contributed by atoms with Gasteiger partial charge >= 0.3 is 0 Å². The van der Waals surface area contributed by atoms with Crippen molar-refractivity contribution in [3.63, 3.8) is 0 Å². The van der Waals surface area contributed by atoms with Crippen molar-refractivity contribution in [1.29, 1.82) is 0 Å². The highest BCUT2D eigenvalue weighted by Crippen LogP contribution is 2.42. The third kappa shape index (κ3) is 1.86. The average molecular weight is 244 g/mol. The second kappa shape index (κ2) is 4.75. The van der Waals surface area contributed by atoms with E-state index >= 15 is 0 Å². The SMILES string of the molecule is C=CCNC1=N[C@@H]2[C@@H](O)[C@H](O)[C@@H](CO)[C@@H]2S1. The maximum atomic E-state index is 9.78. The molecule has 1 aliphatic heterocycles. The van der Waals surface area contributed by atoms with Gasteiger partial charge in [-0.1, -0.05) is 17.8 Å². The molecule has 1 saturated carbocycles. The van der Waals surface area contributed by atoms with Crippen LogP contribution in [0.15, 0.2) is 17.6 Å². The lowest BCUT2D eigenvalue weighted by Gasteiger charge is -2.17. The molecule has 0 unspecified atom stereocenters. The molecule has 5 nitrogen and oxygen atoms in total. The maximum absolute atomic E-state index is 9.78. The molecule has 0 radical (unpaired) electrons. The fraction of sp³-hybridized carbons (Fsp3) is 0.700. The largest absolute Gasteiger partial charge is 0.396 e. The molecule has 90 valence electrons. The van der Waals surface area contributed by atoms with E-state index in [1.807, 2.05) is 0 Å². The average Bonchev–Trinajstić information content (AvgIpc) is 2.78. The predicted octanol–water partition coefficient (Wildman–Crippen LogP) is -1.05. The zero-order valence-electron chi connectivity index (χ0n) is 8.78. The number of hydrogen-bond donors (Lipinski definition) is 4. The molecule has 2 aliphatic rings. The molecule has 0 aromatic heterocycles. The van der Waals surface area contributed by atoms with Crippen LogP contribution in [0.4, 0.5) is 0 Å². The van der Waals surface area contributed by atoms with Crippen molar-refractivity contribution in [1.82, 2.24) is 5.32 Å². The summed E-state index contributed by atoms with van der Waals surface area (Å²) in [5, 5.41) is 32.4. The summed E-state index contributed by atoms with van der Waals surface area (Å²) >= 11 is 1.47. The summed E-state index contributed by atoms with van der Waals surface area (Å²) in [5.74, 6) is -0.309. The second-order valence-corrected chi connectivity index (χ2v) is 5.17. The van der Waals surface area contributed by atoms with Gasteiger partial charge in [0.1, 0.15) is 6.10 Å². The Bertz CT molecular complexity index is 310. The molecule has 0 aromatic carbocycles. The van der Waals surface area contributed by atoms with Crippen LogP contribution in [-0.4, -0.2) is 57.1 Å². The van der Waals surface area contributed by atoms with Crippen LogP contribution in [0.2, 0.25) is 0 Å². The number of nitrogens with zero attached hydrogens (tertiary/aromatic N) is 1. The van der Waals surface area contributed by atoms with Gasteiger partial charge in [0.25, 0.3) is 0 Å². The van der Waals surface area contributed by atoms with Gasteiger partial charge in [-0.25, -0.2) is 0 Å². The highest BCUT2D eigenvalue weighted by atomic mass is 32.2. The topological polar surface area (TPSA) is 85.1 Å². The van der Waals surface area contributed by atoms with Crippen LogP contribution in [-0.2, 0) is 0 Å². The van der Waals surface area contributed by atoms with Gasteiger partial charge in [-0.2, -0.15) is 0 Å². The first kappa shape index (κ1) is 11.9. The Kier molecular flexibility index (Phi) is 3.53. The Labute approximate surface area is 98.3 Å². The molecule has 1 aliphatic carbocycles. The van der Waals surface area contributed by atoms with Crippen LogP contribution in [0, 0.1) is 5.92 Å². The molecule has 1 heterocycles. The molecule has 0 spiro atoms. The van der Waals surface area contributed by atoms with Crippen molar-refractivity contribution in [2.75, 3.05) is 13.2 Å². The molecule has 5 atom stereocenters. The number of aliphatic imine (C=N–C) groups is 1. The Morgan fingerprint density at radius 1 is 1.44 bits per heavy atom. The van der Waals surface area contributed by atoms with Crippen LogP contribution in [0.5, 0.6) is 0 Å². The number of thioether (sulfide) groups is 1. The monoisotopic (exact) mass is 244 g/mol. The van der Waals surface area contributed by atoms with Gasteiger partial charge in [0.05, 0.1) is 12.1 Å². The van der Waals surface area contributed by atoms with Crippen LogP contribution in [0.25, 0.3) is 0 Å². The summed E-state index contributed by atoms with van der Waals surface area (Å²) in [5.41, 5.74) is 0. The van der Waals surface area contributed by atoms with Gasteiger partial charge < -0.3 is 20.6 Å². The molecular formula is C10H16N2O3S. The maximum Gasteiger partial charge on any atom is 0.157 e. The zero-order chi connectivity index (χ0) is 11.7. The van der Waals surface area contributed by atoms with Crippen LogP contribution >= 0.6 is 11.8 Å². The highest BCUT2D eigenvalue weighted by molar-refractivity contribution is 8.14. The molecular weight excluding hydrogens is 228 g/mol. The van der Waals surface area contributed by atoms with Crippen molar-refractivity contribution < 1.29 is 15.3 Å². The van der Waals surface area contributed by atoms with Crippen molar-refractivity contribution in [3.8, 4) is 0 Å². The first-order valence-electron chi connectivity index (χ1n) is 5.25. The van der Waals surface area contributed by atoms with E-state index in [1.54, 1.807) is 6.08 Å². The minimum atomic E-state index is -0.878. The lowest BCUT2D eigenvalue weighted by atomic mass is 10.1. The number of nitrogens with one attached hydrogen (secondary N) is 1. The standard InChI is InChI=1S/C10H16N2O3S/c1-2-3-11-10-12-6-8(15)7(14)5(4-13)9(6)16-10/h2,5-9,13-15H,1,3-4H2,(H,11,12)/t5-,6-,7-,8-,9+/m1/s1. The van der Waals surface area contributed by atoms with Gasteiger partial charge in [0.15, 0.2) is 5.17 Å². The first-order valence-corrected chi connectivity index (χ1v) is 6.13. The zero-order valence-corrected chi connectivity index (χ0v) is 9.60. The molecule has 16 heavy (non-hydrogen) atoms. The van der Waals surface area contributed by atoms with Gasteiger partial charge in [0.2, 0.25) is 0 Å². The third-order valence-corrected chi connectivity index (χ3v) is 4.39. The molecule has 1 fully saturated rings. The Morgan fingerprint density at radius 3 is 2.81 bits per heavy atom. The Hall–Kier alpha value is -0.560. The van der Waals surface area contributed by atoms with E-state index in [9.17, 15) is 15.3 Å². The minimum Gasteiger partial charge on any atom is -0.396 e. The quantitative estimate of drug-likeness (QED) is 0.476. The smallest absolute Gasteiger partial charge is 0.157 e. The van der Waals surface area contributed by atoms with Gasteiger partial charge in [0, 0.05) is 24.3 Å².